The van der Waals surface area contributed by atoms with Crippen molar-refractivity contribution in [1.82, 2.24) is 4.31 Å². The van der Waals surface area contributed by atoms with Gasteiger partial charge in [-0.05, 0) is 5.56 Å². The van der Waals surface area contributed by atoms with Crippen molar-refractivity contribution in [3.8, 4) is 0 Å². The first-order valence-electron chi connectivity index (χ1n) is 3.56. The molecule has 0 amide bonds. The van der Waals surface area contributed by atoms with E-state index >= 15 is 0 Å². The molecule has 0 heterocycles. The normalized spacial score (nSPS) is 13.2. The fraction of sp³-hybridized carbons (Fsp3) is 0.250. The van der Waals surface area contributed by atoms with Crippen LogP contribution in [0, 0.1) is 0 Å². The van der Waals surface area contributed by atoms with Crippen molar-refractivity contribution in [1.29, 1.82) is 0 Å². The van der Waals surface area contributed by atoms with Crippen molar-refractivity contribution in [2.45, 2.75) is 6.54 Å². The zero-order valence-corrected chi connectivity index (χ0v) is 7.62. The molecule has 12 heavy (non-hydrogen) atoms. The number of rotatable bonds is 3. The van der Waals surface area contributed by atoms with Crippen molar-refractivity contribution in [2.24, 2.45) is 0 Å². The molecule has 66 valence electrons. The van der Waals surface area contributed by atoms with E-state index in [-0.39, 0.29) is 0 Å². The Morgan fingerprint density at radius 2 is 2.00 bits per heavy atom. The summed E-state index contributed by atoms with van der Waals surface area (Å²) in [6.45, 7) is 0.490. The van der Waals surface area contributed by atoms with E-state index in [1.807, 2.05) is 30.3 Å². The monoisotopic (exact) mass is 185 g/mol. The van der Waals surface area contributed by atoms with E-state index in [0.717, 1.165) is 5.56 Å². The molecule has 0 spiro atoms. The fourth-order valence-corrected chi connectivity index (χ4v) is 1.16. The second kappa shape index (κ2) is 4.35. The average Bonchev–Trinajstić information content (AvgIpc) is 2.06. The molecule has 1 aromatic rings. The topological polar surface area (TPSA) is 40.5 Å². The average molecular weight is 185 g/mol. The summed E-state index contributed by atoms with van der Waals surface area (Å²) in [7, 11) is 1.60. The first-order valence-corrected chi connectivity index (χ1v) is 4.62. The summed E-state index contributed by atoms with van der Waals surface area (Å²) in [5, 5.41) is 0. The maximum Gasteiger partial charge on any atom is 0.234 e. The molecule has 0 aliphatic heterocycles. The molecule has 0 bridgehead atoms. The highest BCUT2D eigenvalue weighted by Crippen LogP contribution is 2.02. The molecule has 1 unspecified atom stereocenters. The molecule has 4 heteroatoms. The minimum atomic E-state index is -1.88. The highest BCUT2D eigenvalue weighted by molar-refractivity contribution is 7.76. The smallest absolute Gasteiger partial charge is 0.234 e. The van der Waals surface area contributed by atoms with Gasteiger partial charge in [0.1, 0.15) is 0 Å². The summed E-state index contributed by atoms with van der Waals surface area (Å²) < 4.78 is 20.6. The van der Waals surface area contributed by atoms with Gasteiger partial charge in [0.25, 0.3) is 0 Å². The Labute approximate surface area is 74.4 Å². The molecule has 1 N–H and O–H groups in total. The number of benzene rings is 1. The van der Waals surface area contributed by atoms with Crippen LogP contribution in [0.5, 0.6) is 0 Å². The second-order valence-corrected chi connectivity index (χ2v) is 3.59. The summed E-state index contributed by atoms with van der Waals surface area (Å²) >= 11 is -1.88. The predicted octanol–water partition coefficient (Wildman–Crippen LogP) is 1.26. The molecular weight excluding hydrogens is 174 g/mol. The SMILES string of the molecule is CN(Cc1ccccc1)S(=O)O. The Hall–Kier alpha value is -0.710. The molecule has 0 fully saturated rings. The predicted molar refractivity (Wildman–Crippen MR) is 48.7 cm³/mol. The van der Waals surface area contributed by atoms with Crippen LogP contribution in [-0.2, 0) is 17.8 Å². The van der Waals surface area contributed by atoms with Crippen LogP contribution in [-0.4, -0.2) is 20.1 Å². The van der Waals surface area contributed by atoms with Gasteiger partial charge >= 0.3 is 0 Å². The zero-order valence-electron chi connectivity index (χ0n) is 6.80. The number of hydrogen-bond donors (Lipinski definition) is 1. The zero-order chi connectivity index (χ0) is 8.97. The third-order valence-corrected chi connectivity index (χ3v) is 2.18. The van der Waals surface area contributed by atoms with Crippen LogP contribution in [0.3, 0.4) is 0 Å². The molecule has 1 atom stereocenters. The Balaban J connectivity index is 2.58. The number of hydrogen-bond acceptors (Lipinski definition) is 1. The van der Waals surface area contributed by atoms with E-state index in [9.17, 15) is 4.21 Å². The van der Waals surface area contributed by atoms with Crippen LogP contribution < -0.4 is 0 Å². The Morgan fingerprint density at radius 3 is 2.50 bits per heavy atom. The van der Waals surface area contributed by atoms with Gasteiger partial charge in [0.2, 0.25) is 11.3 Å². The Kier molecular flexibility index (Phi) is 3.40. The van der Waals surface area contributed by atoms with Crippen LogP contribution in [0.25, 0.3) is 0 Å². The van der Waals surface area contributed by atoms with Crippen LogP contribution in [0.2, 0.25) is 0 Å². The van der Waals surface area contributed by atoms with Gasteiger partial charge in [0, 0.05) is 13.6 Å². The van der Waals surface area contributed by atoms with E-state index in [4.69, 9.17) is 4.55 Å². The first-order chi connectivity index (χ1) is 5.70. The van der Waals surface area contributed by atoms with Crippen molar-refractivity contribution in [3.63, 3.8) is 0 Å². The highest BCUT2D eigenvalue weighted by atomic mass is 32.2. The summed E-state index contributed by atoms with van der Waals surface area (Å²) in [5.41, 5.74) is 1.03. The molecule has 0 aromatic heterocycles. The van der Waals surface area contributed by atoms with E-state index in [1.54, 1.807) is 7.05 Å². The van der Waals surface area contributed by atoms with Crippen molar-refractivity contribution >= 4 is 11.3 Å². The van der Waals surface area contributed by atoms with Gasteiger partial charge in [-0.2, -0.15) is 4.31 Å². The van der Waals surface area contributed by atoms with Gasteiger partial charge in [0.05, 0.1) is 0 Å². The lowest BCUT2D eigenvalue weighted by Gasteiger charge is -2.10. The maximum atomic E-state index is 10.5. The minimum absolute atomic E-state index is 0.490. The fourth-order valence-electron chi connectivity index (χ4n) is 0.896. The third-order valence-electron chi connectivity index (χ3n) is 1.51. The Bertz CT molecular complexity index is 263. The van der Waals surface area contributed by atoms with Crippen LogP contribution in [0.4, 0.5) is 0 Å². The van der Waals surface area contributed by atoms with Crippen molar-refractivity contribution in [2.75, 3.05) is 7.05 Å². The largest absolute Gasteiger partial charge is 0.294 e. The molecule has 0 saturated carbocycles. The summed E-state index contributed by atoms with van der Waals surface area (Å²) in [6, 6.07) is 9.57. The standard InChI is InChI=1S/C8H11NO2S/c1-9(12(10)11)7-8-5-3-2-4-6-8/h2-6H,7H2,1H3,(H,10,11). The van der Waals surface area contributed by atoms with Gasteiger partial charge in [-0.15, -0.1) is 0 Å². The number of nitrogens with zero attached hydrogens (tertiary/aromatic N) is 1. The summed E-state index contributed by atoms with van der Waals surface area (Å²) in [6.07, 6.45) is 0. The summed E-state index contributed by atoms with van der Waals surface area (Å²) in [4.78, 5) is 0. The van der Waals surface area contributed by atoms with E-state index < -0.39 is 11.3 Å². The molecule has 0 radical (unpaired) electrons. The quantitative estimate of drug-likeness (QED) is 0.720. The first kappa shape index (κ1) is 9.38. The minimum Gasteiger partial charge on any atom is -0.294 e. The van der Waals surface area contributed by atoms with Crippen LogP contribution in [0.1, 0.15) is 5.56 Å². The lowest BCUT2D eigenvalue weighted by atomic mass is 10.2. The van der Waals surface area contributed by atoms with E-state index in [1.165, 1.54) is 4.31 Å². The second-order valence-electron chi connectivity index (χ2n) is 2.50. The molecule has 1 aromatic carbocycles. The molecule has 0 saturated heterocycles. The van der Waals surface area contributed by atoms with Crippen molar-refractivity contribution < 1.29 is 8.76 Å². The van der Waals surface area contributed by atoms with Gasteiger partial charge in [0.15, 0.2) is 0 Å². The van der Waals surface area contributed by atoms with Crippen LogP contribution in [0.15, 0.2) is 30.3 Å². The summed E-state index contributed by atoms with van der Waals surface area (Å²) in [5.74, 6) is 0. The van der Waals surface area contributed by atoms with Crippen molar-refractivity contribution in [3.05, 3.63) is 35.9 Å². The van der Waals surface area contributed by atoms with Gasteiger partial charge in [-0.3, -0.25) is 4.55 Å². The molecule has 3 nitrogen and oxygen atoms in total. The highest BCUT2D eigenvalue weighted by Gasteiger charge is 2.03. The van der Waals surface area contributed by atoms with Gasteiger partial charge in [-0.25, -0.2) is 4.21 Å². The maximum absolute atomic E-state index is 10.5. The van der Waals surface area contributed by atoms with Gasteiger partial charge in [-0.1, -0.05) is 30.3 Å². The Morgan fingerprint density at radius 1 is 1.42 bits per heavy atom. The molecule has 0 aliphatic rings. The van der Waals surface area contributed by atoms with E-state index in [0.29, 0.717) is 6.54 Å². The van der Waals surface area contributed by atoms with E-state index in [2.05, 4.69) is 0 Å². The van der Waals surface area contributed by atoms with Crippen LogP contribution >= 0.6 is 0 Å². The third kappa shape index (κ3) is 2.73. The molecule has 0 aliphatic carbocycles. The van der Waals surface area contributed by atoms with Gasteiger partial charge < -0.3 is 0 Å². The molecular formula is C8H11NO2S. The molecule has 1 rings (SSSR count). The lowest BCUT2D eigenvalue weighted by molar-refractivity contribution is 0.444. The lowest BCUT2D eigenvalue weighted by Crippen LogP contribution is -2.19.